The topological polar surface area (TPSA) is 90.3 Å². The third kappa shape index (κ3) is 2.74. The van der Waals surface area contributed by atoms with Gasteiger partial charge in [-0.3, -0.25) is 10.2 Å². The van der Waals surface area contributed by atoms with Gasteiger partial charge in [0.1, 0.15) is 17.3 Å². The second-order valence-electron chi connectivity index (χ2n) is 4.51. The highest BCUT2D eigenvalue weighted by Gasteiger charge is 2.12. The molecule has 0 unspecified atom stereocenters. The Kier molecular flexibility index (Phi) is 3.98. The molecule has 0 saturated heterocycles. The molecule has 2 aromatic rings. The van der Waals surface area contributed by atoms with Gasteiger partial charge in [-0.1, -0.05) is 0 Å². The van der Waals surface area contributed by atoms with E-state index in [2.05, 4.69) is 0 Å². The van der Waals surface area contributed by atoms with E-state index in [1.165, 1.54) is 12.3 Å². The van der Waals surface area contributed by atoms with Crippen molar-refractivity contribution in [2.75, 3.05) is 14.2 Å². The van der Waals surface area contributed by atoms with E-state index >= 15 is 0 Å². The van der Waals surface area contributed by atoms with Crippen molar-refractivity contribution in [3.8, 4) is 17.2 Å². The number of benzene rings is 1. The second kappa shape index (κ2) is 5.70. The van der Waals surface area contributed by atoms with Crippen LogP contribution in [0.25, 0.3) is 5.69 Å². The van der Waals surface area contributed by atoms with E-state index < -0.39 is 0 Å². The zero-order valence-corrected chi connectivity index (χ0v) is 12.1. The molecule has 110 valence electrons. The number of rotatable bonds is 4. The predicted molar refractivity (Wildman–Crippen MR) is 80.9 cm³/mol. The van der Waals surface area contributed by atoms with Gasteiger partial charge in [-0.05, 0) is 19.1 Å². The van der Waals surface area contributed by atoms with E-state index in [1.54, 1.807) is 43.9 Å². The zero-order chi connectivity index (χ0) is 15.6. The van der Waals surface area contributed by atoms with Crippen molar-refractivity contribution in [2.24, 2.45) is 5.73 Å². The fourth-order valence-electron chi connectivity index (χ4n) is 2.08. The summed E-state index contributed by atoms with van der Waals surface area (Å²) in [4.78, 5) is 11.9. The molecular weight excluding hydrogens is 270 g/mol. The van der Waals surface area contributed by atoms with Gasteiger partial charge in [0.05, 0.1) is 25.5 Å². The van der Waals surface area contributed by atoms with Gasteiger partial charge in [-0.2, -0.15) is 0 Å². The minimum absolute atomic E-state index is 0.144. The maximum absolute atomic E-state index is 11.9. The number of hydrogen-bond acceptors (Lipinski definition) is 4. The molecular formula is C15H17N3O3. The molecule has 1 aromatic heterocycles. The van der Waals surface area contributed by atoms with Crippen molar-refractivity contribution in [3.63, 3.8) is 0 Å². The van der Waals surface area contributed by atoms with Crippen LogP contribution in [-0.2, 0) is 0 Å². The van der Waals surface area contributed by atoms with E-state index in [-0.39, 0.29) is 16.8 Å². The van der Waals surface area contributed by atoms with Gasteiger partial charge < -0.3 is 19.8 Å². The molecule has 0 aliphatic carbocycles. The number of pyridine rings is 1. The molecule has 21 heavy (non-hydrogen) atoms. The van der Waals surface area contributed by atoms with E-state index in [0.717, 1.165) is 0 Å². The minimum atomic E-state index is -0.280. The van der Waals surface area contributed by atoms with Gasteiger partial charge in [0.2, 0.25) is 0 Å². The number of hydrogen-bond donors (Lipinski definition) is 2. The summed E-state index contributed by atoms with van der Waals surface area (Å²) in [5, 5.41) is 7.49. The summed E-state index contributed by atoms with van der Waals surface area (Å²) in [5.74, 6) is 1.01. The lowest BCUT2D eigenvalue weighted by molar-refractivity contribution is 0.401. The highest BCUT2D eigenvalue weighted by atomic mass is 16.5. The molecule has 6 nitrogen and oxygen atoms in total. The molecule has 0 aliphatic heterocycles. The van der Waals surface area contributed by atoms with E-state index in [0.29, 0.717) is 22.9 Å². The Labute approximate surface area is 122 Å². The number of aromatic nitrogens is 1. The van der Waals surface area contributed by atoms with Crippen LogP contribution in [0.15, 0.2) is 35.3 Å². The van der Waals surface area contributed by atoms with Gasteiger partial charge in [-0.25, -0.2) is 0 Å². The Balaban J connectivity index is 2.74. The first-order valence-electron chi connectivity index (χ1n) is 6.28. The Morgan fingerprint density at radius 2 is 1.95 bits per heavy atom. The highest BCUT2D eigenvalue weighted by Crippen LogP contribution is 2.28. The largest absolute Gasteiger partial charge is 0.497 e. The number of nitrogen functional groups attached to an aromatic ring is 1. The summed E-state index contributed by atoms with van der Waals surface area (Å²) in [6.45, 7) is 1.80. The molecule has 0 bridgehead atoms. The first-order chi connectivity index (χ1) is 9.97. The summed E-state index contributed by atoms with van der Waals surface area (Å²) in [7, 11) is 3.14. The van der Waals surface area contributed by atoms with E-state index in [9.17, 15) is 4.79 Å². The SMILES string of the molecule is COc1ccc(OC)c(-n2cc(C(=N)N)c(=O)cc2C)c1. The molecule has 0 spiro atoms. The standard InChI is InChI=1S/C15H17N3O3/c1-9-6-13(19)11(15(16)17)8-18(9)12-7-10(20-2)4-5-14(12)21-3/h4-8H,1-3H3,(H3,16,17). The van der Waals surface area contributed by atoms with Crippen molar-refractivity contribution < 1.29 is 9.47 Å². The van der Waals surface area contributed by atoms with E-state index in [4.69, 9.17) is 20.6 Å². The van der Waals surface area contributed by atoms with Crippen molar-refractivity contribution in [3.05, 3.63) is 51.9 Å². The number of aryl methyl sites for hydroxylation is 1. The van der Waals surface area contributed by atoms with Gasteiger partial charge >= 0.3 is 0 Å². The first-order valence-corrected chi connectivity index (χ1v) is 6.28. The summed E-state index contributed by atoms with van der Waals surface area (Å²) < 4.78 is 12.3. The Bertz CT molecular complexity index is 750. The quantitative estimate of drug-likeness (QED) is 0.657. The number of ether oxygens (including phenoxy) is 2. The number of nitrogens with zero attached hydrogens (tertiary/aromatic N) is 1. The molecule has 0 radical (unpaired) electrons. The average Bonchev–Trinajstić information content (AvgIpc) is 2.46. The van der Waals surface area contributed by atoms with Crippen LogP contribution in [0.3, 0.4) is 0 Å². The lowest BCUT2D eigenvalue weighted by Crippen LogP contribution is -2.23. The third-order valence-corrected chi connectivity index (χ3v) is 3.18. The minimum Gasteiger partial charge on any atom is -0.497 e. The van der Waals surface area contributed by atoms with Gasteiger partial charge in [0, 0.05) is 24.0 Å². The normalized spacial score (nSPS) is 10.2. The van der Waals surface area contributed by atoms with Crippen LogP contribution < -0.4 is 20.6 Å². The fourth-order valence-corrected chi connectivity index (χ4v) is 2.08. The zero-order valence-electron chi connectivity index (χ0n) is 12.1. The maximum atomic E-state index is 11.9. The van der Waals surface area contributed by atoms with Crippen LogP contribution >= 0.6 is 0 Å². The van der Waals surface area contributed by atoms with E-state index in [1.807, 2.05) is 0 Å². The summed E-state index contributed by atoms with van der Waals surface area (Å²) in [5.41, 5.74) is 6.73. The average molecular weight is 287 g/mol. The smallest absolute Gasteiger partial charge is 0.192 e. The summed E-state index contributed by atoms with van der Waals surface area (Å²) in [6.07, 6.45) is 1.54. The molecule has 0 saturated carbocycles. The van der Waals surface area contributed by atoms with Crippen LogP contribution in [0.1, 0.15) is 11.3 Å². The van der Waals surface area contributed by atoms with Crippen molar-refractivity contribution in [1.82, 2.24) is 4.57 Å². The molecule has 2 rings (SSSR count). The van der Waals surface area contributed by atoms with Crippen molar-refractivity contribution in [2.45, 2.75) is 6.92 Å². The molecule has 0 fully saturated rings. The lowest BCUT2D eigenvalue weighted by Gasteiger charge is -2.16. The Morgan fingerprint density at radius 3 is 2.52 bits per heavy atom. The van der Waals surface area contributed by atoms with Crippen LogP contribution in [0, 0.1) is 12.3 Å². The monoisotopic (exact) mass is 287 g/mol. The third-order valence-electron chi connectivity index (χ3n) is 3.18. The van der Waals surface area contributed by atoms with Gasteiger partial charge in [0.15, 0.2) is 5.43 Å². The number of nitrogens with two attached hydrogens (primary N) is 1. The number of nitrogens with one attached hydrogen (secondary N) is 1. The summed E-state index contributed by atoms with van der Waals surface area (Å²) in [6, 6.07) is 6.79. The summed E-state index contributed by atoms with van der Waals surface area (Å²) >= 11 is 0. The Morgan fingerprint density at radius 1 is 1.24 bits per heavy atom. The van der Waals surface area contributed by atoms with Crippen LogP contribution in [0.2, 0.25) is 0 Å². The van der Waals surface area contributed by atoms with Crippen LogP contribution in [0.4, 0.5) is 0 Å². The molecule has 1 heterocycles. The number of amidine groups is 1. The maximum Gasteiger partial charge on any atom is 0.192 e. The molecule has 1 aromatic carbocycles. The van der Waals surface area contributed by atoms with Crippen LogP contribution in [0.5, 0.6) is 11.5 Å². The fraction of sp³-hybridized carbons (Fsp3) is 0.200. The first kappa shape index (κ1) is 14.6. The molecule has 6 heteroatoms. The van der Waals surface area contributed by atoms with Gasteiger partial charge in [0.25, 0.3) is 0 Å². The van der Waals surface area contributed by atoms with Crippen molar-refractivity contribution >= 4 is 5.84 Å². The molecule has 0 aliphatic rings. The second-order valence-corrected chi connectivity index (χ2v) is 4.51. The van der Waals surface area contributed by atoms with Gasteiger partial charge in [-0.15, -0.1) is 0 Å². The highest BCUT2D eigenvalue weighted by molar-refractivity contribution is 5.94. The predicted octanol–water partition coefficient (Wildman–Crippen LogP) is 1.45. The lowest BCUT2D eigenvalue weighted by atomic mass is 10.2. The Hall–Kier alpha value is -2.76. The van der Waals surface area contributed by atoms with Crippen molar-refractivity contribution in [1.29, 1.82) is 5.41 Å². The molecule has 0 atom stereocenters. The molecule has 3 N–H and O–H groups in total. The number of methoxy groups -OCH3 is 2. The molecule has 0 amide bonds. The van der Waals surface area contributed by atoms with Crippen LogP contribution in [-0.4, -0.2) is 24.6 Å².